The van der Waals surface area contributed by atoms with Crippen molar-refractivity contribution in [3.8, 4) is 0 Å². The van der Waals surface area contributed by atoms with Crippen LogP contribution >= 0.6 is 12.4 Å². The molecule has 0 saturated heterocycles. The number of fused-ring (bicyclic) bond motifs is 2. The molecule has 0 aliphatic heterocycles. The lowest BCUT2D eigenvalue weighted by molar-refractivity contribution is 0.0756. The van der Waals surface area contributed by atoms with Crippen LogP contribution in [-0.4, -0.2) is 32.5 Å². The van der Waals surface area contributed by atoms with Crippen LogP contribution in [0.2, 0.25) is 0 Å². The van der Waals surface area contributed by atoms with Gasteiger partial charge in [-0.25, -0.2) is 13.1 Å². The summed E-state index contributed by atoms with van der Waals surface area (Å²) in [6.07, 6.45) is 7.10. The number of amides is 1. The first-order valence-corrected chi connectivity index (χ1v) is 11.1. The van der Waals surface area contributed by atoms with E-state index in [1.807, 2.05) is 0 Å². The second kappa shape index (κ2) is 8.07. The predicted molar refractivity (Wildman–Crippen MR) is 106 cm³/mol. The van der Waals surface area contributed by atoms with Crippen molar-refractivity contribution in [3.05, 3.63) is 29.8 Å². The number of halogens is 1. The van der Waals surface area contributed by atoms with Crippen LogP contribution in [0.3, 0.4) is 0 Å². The predicted octanol–water partition coefficient (Wildman–Crippen LogP) is 2.18. The van der Waals surface area contributed by atoms with E-state index in [2.05, 4.69) is 10.0 Å². The second-order valence-corrected chi connectivity index (χ2v) is 9.82. The molecule has 3 aliphatic carbocycles. The lowest BCUT2D eigenvalue weighted by atomic mass is 9.67. The Bertz CT molecular complexity index is 783. The highest BCUT2D eigenvalue weighted by atomic mass is 35.5. The number of sulfonamides is 1. The smallest absolute Gasteiger partial charge is 0.251 e. The molecule has 2 bridgehead atoms. The summed E-state index contributed by atoms with van der Waals surface area (Å²) in [6.45, 7) is 0. The zero-order chi connectivity index (χ0) is 18.3. The molecule has 1 aromatic carbocycles. The summed E-state index contributed by atoms with van der Waals surface area (Å²) in [7, 11) is -3.55. The van der Waals surface area contributed by atoms with E-state index in [1.54, 1.807) is 12.1 Å². The first-order chi connectivity index (χ1) is 12.4. The Balaban J connectivity index is 0.00000210. The quantitative estimate of drug-likeness (QED) is 0.688. The third-order valence-electron chi connectivity index (χ3n) is 5.98. The van der Waals surface area contributed by atoms with E-state index in [1.165, 1.54) is 18.6 Å². The number of hydrogen-bond donors (Lipinski definition) is 3. The monoisotopic (exact) mass is 413 g/mol. The number of benzene rings is 1. The molecule has 27 heavy (non-hydrogen) atoms. The fourth-order valence-corrected chi connectivity index (χ4v) is 5.90. The van der Waals surface area contributed by atoms with Gasteiger partial charge in [0.1, 0.15) is 0 Å². The van der Waals surface area contributed by atoms with Crippen molar-refractivity contribution in [1.82, 2.24) is 10.0 Å². The number of nitrogens with two attached hydrogens (primary N) is 1. The number of carbonyl (C=O) groups is 1. The maximum Gasteiger partial charge on any atom is 0.251 e. The van der Waals surface area contributed by atoms with Crippen LogP contribution in [0.5, 0.6) is 0 Å². The van der Waals surface area contributed by atoms with Crippen molar-refractivity contribution in [2.45, 2.75) is 68.0 Å². The van der Waals surface area contributed by atoms with Crippen molar-refractivity contribution in [2.24, 2.45) is 17.6 Å². The normalized spacial score (nSPS) is 30.3. The van der Waals surface area contributed by atoms with E-state index in [-0.39, 0.29) is 41.3 Å². The minimum atomic E-state index is -3.55. The summed E-state index contributed by atoms with van der Waals surface area (Å²) in [5.74, 6) is 0.681. The molecule has 0 radical (unpaired) electrons. The van der Waals surface area contributed by atoms with E-state index in [9.17, 15) is 13.2 Å². The molecule has 0 heterocycles. The summed E-state index contributed by atoms with van der Waals surface area (Å²) in [4.78, 5) is 12.9. The van der Waals surface area contributed by atoms with Gasteiger partial charge in [0.2, 0.25) is 10.0 Å². The van der Waals surface area contributed by atoms with Crippen LogP contribution in [0.25, 0.3) is 0 Å². The number of carbonyl (C=O) groups excluding carboxylic acids is 1. The first-order valence-electron chi connectivity index (χ1n) is 9.61. The largest absolute Gasteiger partial charge is 0.349 e. The highest BCUT2D eigenvalue weighted by Crippen LogP contribution is 2.39. The molecule has 0 aromatic heterocycles. The van der Waals surface area contributed by atoms with Crippen molar-refractivity contribution >= 4 is 28.3 Å². The fraction of sp³-hybridized carbons (Fsp3) is 0.632. The van der Waals surface area contributed by atoms with Gasteiger partial charge in [-0.3, -0.25) is 4.79 Å². The fourth-order valence-electron chi connectivity index (χ4n) is 4.55. The lowest BCUT2D eigenvalue weighted by Gasteiger charge is -2.45. The van der Waals surface area contributed by atoms with E-state index in [4.69, 9.17) is 5.73 Å². The third kappa shape index (κ3) is 4.65. The van der Waals surface area contributed by atoms with Gasteiger partial charge in [0.15, 0.2) is 0 Å². The van der Waals surface area contributed by atoms with Gasteiger partial charge in [0.05, 0.1) is 4.90 Å². The SMILES string of the molecule is Cl.NC1CC2CCCC(C1)C2NC(=O)c1cccc(S(=O)(=O)NC2CC2)c1. The Labute approximate surface area is 167 Å². The van der Waals surface area contributed by atoms with E-state index in [0.717, 1.165) is 38.5 Å². The van der Waals surface area contributed by atoms with E-state index in [0.29, 0.717) is 17.4 Å². The van der Waals surface area contributed by atoms with Crippen molar-refractivity contribution in [3.63, 3.8) is 0 Å². The van der Waals surface area contributed by atoms with Crippen LogP contribution in [-0.2, 0) is 10.0 Å². The summed E-state index contributed by atoms with van der Waals surface area (Å²) in [6, 6.07) is 6.76. The minimum Gasteiger partial charge on any atom is -0.349 e. The van der Waals surface area contributed by atoms with E-state index >= 15 is 0 Å². The van der Waals surface area contributed by atoms with Gasteiger partial charge in [-0.15, -0.1) is 12.4 Å². The van der Waals surface area contributed by atoms with Gasteiger partial charge >= 0.3 is 0 Å². The van der Waals surface area contributed by atoms with Crippen LogP contribution in [0.15, 0.2) is 29.2 Å². The van der Waals surface area contributed by atoms with Gasteiger partial charge in [0.25, 0.3) is 5.91 Å². The Morgan fingerprint density at radius 3 is 2.37 bits per heavy atom. The summed E-state index contributed by atoms with van der Waals surface area (Å²) in [5.41, 5.74) is 6.55. The molecule has 3 aliphatic rings. The molecule has 4 rings (SSSR count). The Kier molecular flexibility index (Phi) is 6.15. The molecular weight excluding hydrogens is 386 g/mol. The zero-order valence-corrected chi connectivity index (χ0v) is 16.9. The van der Waals surface area contributed by atoms with Crippen molar-refractivity contribution in [2.75, 3.05) is 0 Å². The highest BCUT2D eigenvalue weighted by Gasteiger charge is 2.40. The van der Waals surface area contributed by atoms with Gasteiger partial charge in [-0.1, -0.05) is 12.5 Å². The van der Waals surface area contributed by atoms with Crippen LogP contribution in [0.4, 0.5) is 0 Å². The average Bonchev–Trinajstić information content (AvgIpc) is 3.39. The molecule has 3 saturated carbocycles. The number of rotatable bonds is 5. The zero-order valence-electron chi connectivity index (χ0n) is 15.3. The maximum absolute atomic E-state index is 12.8. The Morgan fingerprint density at radius 2 is 1.74 bits per heavy atom. The van der Waals surface area contributed by atoms with Gasteiger partial charge in [-0.05, 0) is 68.6 Å². The third-order valence-corrected chi connectivity index (χ3v) is 7.50. The van der Waals surface area contributed by atoms with Crippen molar-refractivity contribution in [1.29, 1.82) is 0 Å². The summed E-state index contributed by atoms with van der Waals surface area (Å²) < 4.78 is 27.4. The molecule has 1 amide bonds. The van der Waals surface area contributed by atoms with Crippen LogP contribution in [0, 0.1) is 11.8 Å². The molecule has 6 nitrogen and oxygen atoms in total. The Hall–Kier alpha value is -1.15. The molecule has 150 valence electrons. The van der Waals surface area contributed by atoms with Gasteiger partial charge in [-0.2, -0.15) is 0 Å². The average molecular weight is 414 g/mol. The number of nitrogens with one attached hydrogen (secondary N) is 2. The molecule has 1 aromatic rings. The second-order valence-electron chi connectivity index (χ2n) is 8.11. The summed E-state index contributed by atoms with van der Waals surface area (Å²) >= 11 is 0. The Morgan fingerprint density at radius 1 is 1.07 bits per heavy atom. The van der Waals surface area contributed by atoms with Crippen LogP contribution in [0.1, 0.15) is 55.3 Å². The highest BCUT2D eigenvalue weighted by molar-refractivity contribution is 7.89. The molecule has 0 spiro atoms. The molecule has 4 N–H and O–H groups in total. The molecule has 2 unspecified atom stereocenters. The van der Waals surface area contributed by atoms with Crippen molar-refractivity contribution < 1.29 is 13.2 Å². The standard InChI is InChI=1S/C19H27N3O3S.ClH/c20-15-9-12-3-1-4-13(10-15)18(12)21-19(23)14-5-2-6-17(11-14)26(24,25)22-16-7-8-16;/h2,5-6,11-13,15-16,18,22H,1,3-4,7-10,20H2,(H,21,23);1H. The molecule has 3 fully saturated rings. The molecular formula is C19H28ClN3O3S. The topological polar surface area (TPSA) is 101 Å². The van der Waals surface area contributed by atoms with Crippen LogP contribution < -0.4 is 15.8 Å². The lowest BCUT2D eigenvalue weighted by Crippen LogP contribution is -2.53. The maximum atomic E-state index is 12.8. The number of hydrogen-bond acceptors (Lipinski definition) is 4. The van der Waals surface area contributed by atoms with E-state index < -0.39 is 10.0 Å². The van der Waals surface area contributed by atoms with Gasteiger partial charge in [0, 0.05) is 23.7 Å². The summed E-state index contributed by atoms with van der Waals surface area (Å²) in [5, 5.41) is 3.18. The minimum absolute atomic E-state index is 0. The molecule has 8 heteroatoms. The molecule has 2 atom stereocenters. The van der Waals surface area contributed by atoms with Gasteiger partial charge < -0.3 is 11.1 Å². The first kappa shape index (κ1) is 20.6.